The van der Waals surface area contributed by atoms with E-state index in [0.717, 1.165) is 22.3 Å². The lowest BCUT2D eigenvalue weighted by Crippen LogP contribution is -2.37. The maximum Gasteiger partial charge on any atom is 0.434 e. The average molecular weight is 356 g/mol. The van der Waals surface area contributed by atoms with Crippen LogP contribution in [0.4, 0.5) is 13.2 Å². The number of nitrogens with one attached hydrogen (secondary N) is 1. The van der Waals surface area contributed by atoms with E-state index < -0.39 is 11.9 Å². The number of benzene rings is 1. The maximum absolute atomic E-state index is 12.5. The van der Waals surface area contributed by atoms with Crippen molar-refractivity contribution in [3.05, 3.63) is 52.0 Å². The molecular weight excluding hydrogens is 337 g/mol. The minimum Gasteiger partial charge on any atom is -0.356 e. The van der Waals surface area contributed by atoms with Gasteiger partial charge in [-0.3, -0.25) is 0 Å². The standard InChI is InChI=1S/C16H19F3N4S/c1-23(2)15(21-10-12-6-4-3-5-7-12)20-9-8-14-22-13(11-24-14)16(17,18)19/h3-7,11H,8-10H2,1-2H3,(H,20,21). The highest BCUT2D eigenvalue weighted by molar-refractivity contribution is 7.09. The molecule has 0 saturated carbocycles. The number of aliphatic imine (C=N–C) groups is 1. The second kappa shape index (κ2) is 8.14. The molecular formula is C16H19F3N4S. The van der Waals surface area contributed by atoms with Gasteiger partial charge in [-0.2, -0.15) is 13.2 Å². The van der Waals surface area contributed by atoms with Crippen LogP contribution in [0.15, 0.2) is 40.7 Å². The van der Waals surface area contributed by atoms with Crippen molar-refractivity contribution in [1.82, 2.24) is 15.2 Å². The summed E-state index contributed by atoms with van der Waals surface area (Å²) in [6, 6.07) is 9.83. The molecule has 1 N–H and O–H groups in total. The van der Waals surface area contributed by atoms with Gasteiger partial charge in [0.2, 0.25) is 0 Å². The molecule has 0 bridgehead atoms. The van der Waals surface area contributed by atoms with Gasteiger partial charge in [-0.1, -0.05) is 30.3 Å². The number of hydrogen-bond acceptors (Lipinski definition) is 3. The second-order valence-electron chi connectivity index (χ2n) is 5.32. The first-order valence-corrected chi connectivity index (χ1v) is 8.25. The number of hydrogen-bond donors (Lipinski definition) is 1. The zero-order valence-corrected chi connectivity index (χ0v) is 14.3. The summed E-state index contributed by atoms with van der Waals surface area (Å²) < 4.78 is 37.6. The summed E-state index contributed by atoms with van der Waals surface area (Å²) in [5.74, 6) is 0.687. The van der Waals surface area contributed by atoms with Crippen molar-refractivity contribution in [2.45, 2.75) is 19.1 Å². The molecule has 4 nitrogen and oxygen atoms in total. The van der Waals surface area contributed by atoms with Crippen molar-refractivity contribution < 1.29 is 13.2 Å². The molecule has 1 aromatic heterocycles. The van der Waals surface area contributed by atoms with Crippen LogP contribution in [0.25, 0.3) is 0 Å². The molecule has 130 valence electrons. The maximum atomic E-state index is 12.5. The van der Waals surface area contributed by atoms with Gasteiger partial charge in [-0.05, 0) is 5.56 Å². The topological polar surface area (TPSA) is 40.5 Å². The van der Waals surface area contributed by atoms with Gasteiger partial charge in [0.25, 0.3) is 0 Å². The van der Waals surface area contributed by atoms with Crippen LogP contribution in [-0.4, -0.2) is 36.5 Å². The molecule has 24 heavy (non-hydrogen) atoms. The zero-order valence-electron chi connectivity index (χ0n) is 13.5. The van der Waals surface area contributed by atoms with E-state index in [1.807, 2.05) is 49.3 Å². The molecule has 0 amide bonds. The molecule has 0 unspecified atom stereocenters. The van der Waals surface area contributed by atoms with Gasteiger partial charge in [0.15, 0.2) is 11.7 Å². The Balaban J connectivity index is 1.89. The number of guanidine groups is 1. The first kappa shape index (κ1) is 18.3. The zero-order chi connectivity index (χ0) is 17.6. The fraction of sp³-hybridized carbons (Fsp3) is 0.375. The normalized spacial score (nSPS) is 12.3. The van der Waals surface area contributed by atoms with E-state index in [9.17, 15) is 13.2 Å². The summed E-state index contributed by atoms with van der Waals surface area (Å²) >= 11 is 1.02. The molecule has 1 aromatic carbocycles. The lowest BCUT2D eigenvalue weighted by atomic mass is 10.2. The quantitative estimate of drug-likeness (QED) is 0.659. The predicted octanol–water partition coefficient (Wildman–Crippen LogP) is 3.41. The molecule has 2 rings (SSSR count). The number of alkyl halides is 3. The van der Waals surface area contributed by atoms with Crippen molar-refractivity contribution in [3.63, 3.8) is 0 Å². The van der Waals surface area contributed by atoms with Crippen molar-refractivity contribution in [3.8, 4) is 0 Å². The highest BCUT2D eigenvalue weighted by Gasteiger charge is 2.33. The highest BCUT2D eigenvalue weighted by Crippen LogP contribution is 2.29. The second-order valence-corrected chi connectivity index (χ2v) is 6.26. The van der Waals surface area contributed by atoms with Crippen LogP contribution in [0.2, 0.25) is 0 Å². The lowest BCUT2D eigenvalue weighted by molar-refractivity contribution is -0.140. The summed E-state index contributed by atoms with van der Waals surface area (Å²) in [6.07, 6.45) is -3.97. The summed E-state index contributed by atoms with van der Waals surface area (Å²) in [5, 5.41) is 4.65. The Morgan fingerprint density at radius 1 is 1.25 bits per heavy atom. The van der Waals surface area contributed by atoms with Crippen molar-refractivity contribution in [2.24, 2.45) is 4.99 Å². The number of halogens is 3. The monoisotopic (exact) mass is 356 g/mol. The van der Waals surface area contributed by atoms with Gasteiger partial charge < -0.3 is 10.2 Å². The summed E-state index contributed by atoms with van der Waals surface area (Å²) in [6.45, 7) is 1.01. The SMILES string of the molecule is CN(C)C(=NCc1ccccc1)NCCc1nc(C(F)(F)F)cs1. The van der Waals surface area contributed by atoms with Crippen LogP contribution in [0.5, 0.6) is 0 Å². The third-order valence-electron chi connectivity index (χ3n) is 3.14. The summed E-state index contributed by atoms with van der Waals surface area (Å²) in [7, 11) is 3.73. The molecule has 0 saturated heterocycles. The fourth-order valence-electron chi connectivity index (χ4n) is 1.94. The number of rotatable bonds is 5. The van der Waals surface area contributed by atoms with Crippen molar-refractivity contribution in [1.29, 1.82) is 0 Å². The average Bonchev–Trinajstić information content (AvgIpc) is 3.00. The van der Waals surface area contributed by atoms with E-state index in [1.165, 1.54) is 0 Å². The van der Waals surface area contributed by atoms with Gasteiger partial charge in [0.05, 0.1) is 11.6 Å². The van der Waals surface area contributed by atoms with Crippen LogP contribution in [0.3, 0.4) is 0 Å². The smallest absolute Gasteiger partial charge is 0.356 e. The van der Waals surface area contributed by atoms with E-state index in [4.69, 9.17) is 0 Å². The Kier molecular flexibility index (Phi) is 6.19. The molecule has 8 heteroatoms. The fourth-order valence-corrected chi connectivity index (χ4v) is 2.75. The van der Waals surface area contributed by atoms with Crippen LogP contribution in [0.1, 0.15) is 16.3 Å². The number of aromatic nitrogens is 1. The molecule has 0 fully saturated rings. The lowest BCUT2D eigenvalue weighted by Gasteiger charge is -2.17. The third-order valence-corrected chi connectivity index (χ3v) is 4.05. The predicted molar refractivity (Wildman–Crippen MR) is 90.1 cm³/mol. The minimum atomic E-state index is -4.38. The minimum absolute atomic E-state index is 0.416. The molecule has 1 heterocycles. The molecule has 0 aliphatic rings. The van der Waals surface area contributed by atoms with Gasteiger partial charge in [0, 0.05) is 32.4 Å². The highest BCUT2D eigenvalue weighted by atomic mass is 32.1. The van der Waals surface area contributed by atoms with E-state index in [2.05, 4.69) is 15.3 Å². The molecule has 0 radical (unpaired) electrons. The Bertz CT molecular complexity index is 665. The third kappa shape index (κ3) is 5.52. The molecule has 0 aliphatic heterocycles. The summed E-state index contributed by atoms with van der Waals surface area (Å²) in [4.78, 5) is 9.96. The largest absolute Gasteiger partial charge is 0.434 e. The van der Waals surface area contributed by atoms with Gasteiger partial charge in [0.1, 0.15) is 0 Å². The number of nitrogens with zero attached hydrogens (tertiary/aromatic N) is 3. The Morgan fingerprint density at radius 2 is 1.96 bits per heavy atom. The van der Waals surface area contributed by atoms with E-state index >= 15 is 0 Å². The van der Waals surface area contributed by atoms with Crippen molar-refractivity contribution >= 4 is 17.3 Å². The van der Waals surface area contributed by atoms with Crippen LogP contribution in [-0.2, 0) is 19.1 Å². The van der Waals surface area contributed by atoms with Gasteiger partial charge >= 0.3 is 6.18 Å². The first-order chi connectivity index (χ1) is 11.4. The van der Waals surface area contributed by atoms with E-state index in [0.29, 0.717) is 30.5 Å². The Morgan fingerprint density at radius 3 is 2.54 bits per heavy atom. The Hall–Kier alpha value is -2.09. The number of thiazole rings is 1. The Labute approximate surface area is 143 Å². The van der Waals surface area contributed by atoms with Gasteiger partial charge in [-0.15, -0.1) is 11.3 Å². The van der Waals surface area contributed by atoms with Crippen molar-refractivity contribution in [2.75, 3.05) is 20.6 Å². The molecule has 2 aromatic rings. The summed E-state index contributed by atoms with van der Waals surface area (Å²) in [5.41, 5.74) is 0.265. The molecule has 0 atom stereocenters. The van der Waals surface area contributed by atoms with Crippen LogP contribution in [0, 0.1) is 0 Å². The van der Waals surface area contributed by atoms with Crippen LogP contribution < -0.4 is 5.32 Å². The first-order valence-electron chi connectivity index (χ1n) is 7.37. The van der Waals surface area contributed by atoms with E-state index in [1.54, 1.807) is 0 Å². The molecule has 0 spiro atoms. The molecule has 0 aliphatic carbocycles. The van der Waals surface area contributed by atoms with Gasteiger partial charge in [-0.25, -0.2) is 9.98 Å². The van der Waals surface area contributed by atoms with E-state index in [-0.39, 0.29) is 0 Å². The van der Waals surface area contributed by atoms with Crippen LogP contribution >= 0.6 is 11.3 Å².